The molecule has 280 valence electrons. The van der Waals surface area contributed by atoms with Gasteiger partial charge in [0, 0.05) is 55.0 Å². The maximum absolute atomic E-state index is 5.16. The molecule has 0 spiro atoms. The van der Waals surface area contributed by atoms with Crippen LogP contribution in [0.2, 0.25) is 0 Å². The summed E-state index contributed by atoms with van der Waals surface area (Å²) in [5.41, 5.74) is 12.0. The van der Waals surface area contributed by atoms with E-state index in [-0.39, 0.29) is 0 Å². The molecule has 60 heavy (non-hydrogen) atoms. The number of fused-ring (bicyclic) bond motifs is 8. The van der Waals surface area contributed by atoms with Crippen molar-refractivity contribution in [2.45, 2.75) is 0 Å². The van der Waals surface area contributed by atoms with E-state index in [4.69, 9.17) is 15.0 Å². The van der Waals surface area contributed by atoms with E-state index in [2.05, 4.69) is 185 Å². The molecule has 0 aliphatic heterocycles. The van der Waals surface area contributed by atoms with Gasteiger partial charge in [0.25, 0.3) is 0 Å². The van der Waals surface area contributed by atoms with Crippen LogP contribution in [0.1, 0.15) is 0 Å². The van der Waals surface area contributed by atoms with Gasteiger partial charge < -0.3 is 9.13 Å². The van der Waals surface area contributed by atoms with Crippen LogP contribution in [-0.4, -0.2) is 24.1 Å². The summed E-state index contributed by atoms with van der Waals surface area (Å²) >= 11 is 0. The van der Waals surface area contributed by atoms with E-state index in [1.54, 1.807) is 0 Å². The molecule has 0 unspecified atom stereocenters. The van der Waals surface area contributed by atoms with Crippen LogP contribution in [0.4, 0.5) is 0 Å². The van der Waals surface area contributed by atoms with Crippen LogP contribution in [-0.2, 0) is 0 Å². The fourth-order valence-corrected chi connectivity index (χ4v) is 9.11. The number of aromatic nitrogens is 5. The summed E-state index contributed by atoms with van der Waals surface area (Å²) < 4.78 is 4.88. The third-order valence-corrected chi connectivity index (χ3v) is 11.7. The Morgan fingerprint density at radius 2 is 0.783 bits per heavy atom. The SMILES string of the molecule is c1ccc(-c2nc(-c3ccccc3)nc(-c3cccc4cccc(-c5ccc6c(c5)c5ccc7c8ccccc8n(-c8ccccc8)c7c5n6-c5ccccc5)c34)n2)cc1. The summed E-state index contributed by atoms with van der Waals surface area (Å²) in [5, 5.41) is 7.06. The van der Waals surface area contributed by atoms with Crippen molar-refractivity contribution in [3.8, 4) is 56.7 Å². The van der Waals surface area contributed by atoms with Crippen LogP contribution >= 0.6 is 0 Å². The van der Waals surface area contributed by atoms with Crippen molar-refractivity contribution in [2.75, 3.05) is 0 Å². The molecule has 0 bridgehead atoms. The highest BCUT2D eigenvalue weighted by Crippen LogP contribution is 2.44. The maximum atomic E-state index is 5.16. The molecule has 0 radical (unpaired) electrons. The monoisotopic (exact) mass is 765 g/mol. The topological polar surface area (TPSA) is 48.5 Å². The van der Waals surface area contributed by atoms with Crippen molar-refractivity contribution in [3.05, 3.63) is 212 Å². The fourth-order valence-electron chi connectivity index (χ4n) is 9.11. The van der Waals surface area contributed by atoms with Crippen LogP contribution in [0.5, 0.6) is 0 Å². The van der Waals surface area contributed by atoms with Gasteiger partial charge >= 0.3 is 0 Å². The van der Waals surface area contributed by atoms with E-state index in [1.165, 1.54) is 38.1 Å². The van der Waals surface area contributed by atoms with Crippen molar-refractivity contribution in [1.29, 1.82) is 0 Å². The molecule has 0 aliphatic carbocycles. The number of hydrogen-bond acceptors (Lipinski definition) is 3. The van der Waals surface area contributed by atoms with Crippen LogP contribution in [0.3, 0.4) is 0 Å². The molecule has 0 saturated carbocycles. The first-order valence-corrected chi connectivity index (χ1v) is 20.3. The second kappa shape index (κ2) is 13.8. The second-order valence-electron chi connectivity index (χ2n) is 15.2. The Morgan fingerprint density at radius 1 is 0.300 bits per heavy atom. The average Bonchev–Trinajstić information content (AvgIpc) is 3.85. The lowest BCUT2D eigenvalue weighted by atomic mass is 9.93. The average molecular weight is 766 g/mol. The molecule has 9 aromatic carbocycles. The van der Waals surface area contributed by atoms with Gasteiger partial charge in [-0.15, -0.1) is 0 Å². The molecule has 12 rings (SSSR count). The quantitative estimate of drug-likeness (QED) is 0.169. The smallest absolute Gasteiger partial charge is 0.164 e. The summed E-state index contributed by atoms with van der Waals surface area (Å²) in [4.78, 5) is 15.3. The maximum Gasteiger partial charge on any atom is 0.164 e. The molecule has 0 atom stereocenters. The van der Waals surface area contributed by atoms with Gasteiger partial charge in [0.1, 0.15) is 0 Å². The minimum absolute atomic E-state index is 0.638. The van der Waals surface area contributed by atoms with Crippen LogP contribution < -0.4 is 0 Å². The summed E-state index contributed by atoms with van der Waals surface area (Å²) in [7, 11) is 0. The number of rotatable bonds is 6. The normalized spacial score (nSPS) is 11.7. The predicted octanol–water partition coefficient (Wildman–Crippen LogP) is 13.9. The third-order valence-electron chi connectivity index (χ3n) is 11.7. The molecule has 5 nitrogen and oxygen atoms in total. The lowest BCUT2D eigenvalue weighted by Gasteiger charge is -2.14. The van der Waals surface area contributed by atoms with E-state index in [0.717, 1.165) is 55.5 Å². The van der Waals surface area contributed by atoms with Crippen molar-refractivity contribution in [2.24, 2.45) is 0 Å². The summed E-state index contributed by atoms with van der Waals surface area (Å²) in [6.07, 6.45) is 0. The largest absolute Gasteiger partial charge is 0.307 e. The fraction of sp³-hybridized carbons (Fsp3) is 0. The first-order valence-electron chi connectivity index (χ1n) is 20.3. The van der Waals surface area contributed by atoms with E-state index in [9.17, 15) is 0 Å². The van der Waals surface area contributed by atoms with Gasteiger partial charge in [-0.1, -0.05) is 170 Å². The Labute approximate surface area is 346 Å². The van der Waals surface area contributed by atoms with Crippen molar-refractivity contribution in [1.82, 2.24) is 24.1 Å². The second-order valence-corrected chi connectivity index (χ2v) is 15.2. The number of hydrogen-bond donors (Lipinski definition) is 0. The van der Waals surface area contributed by atoms with E-state index in [1.807, 2.05) is 36.4 Å². The molecular weight excluding hydrogens is 731 g/mol. The number of nitrogens with zero attached hydrogens (tertiary/aromatic N) is 5. The van der Waals surface area contributed by atoms with Gasteiger partial charge in [-0.05, 0) is 59.0 Å². The molecular formula is C55H35N5. The van der Waals surface area contributed by atoms with E-state index < -0.39 is 0 Å². The third kappa shape index (κ3) is 5.37. The number of para-hydroxylation sites is 3. The molecule has 0 aliphatic rings. The minimum atomic E-state index is 0.638. The zero-order valence-electron chi connectivity index (χ0n) is 32.4. The van der Waals surface area contributed by atoms with Crippen molar-refractivity contribution in [3.63, 3.8) is 0 Å². The van der Waals surface area contributed by atoms with E-state index >= 15 is 0 Å². The molecule has 12 aromatic rings. The molecule has 0 N–H and O–H groups in total. The summed E-state index contributed by atoms with van der Waals surface area (Å²) in [6, 6.07) is 75.1. The highest BCUT2D eigenvalue weighted by Gasteiger charge is 2.22. The zero-order valence-corrected chi connectivity index (χ0v) is 32.4. The summed E-state index contributed by atoms with van der Waals surface area (Å²) in [6.45, 7) is 0. The van der Waals surface area contributed by atoms with Gasteiger partial charge in [-0.3, -0.25) is 0 Å². The Balaban J connectivity index is 1.14. The molecule has 3 aromatic heterocycles. The Kier molecular flexibility index (Phi) is 7.78. The zero-order chi connectivity index (χ0) is 39.6. The first kappa shape index (κ1) is 33.9. The Morgan fingerprint density at radius 3 is 1.38 bits per heavy atom. The lowest BCUT2D eigenvalue weighted by Crippen LogP contribution is -2.00. The van der Waals surface area contributed by atoms with E-state index in [0.29, 0.717) is 17.5 Å². The van der Waals surface area contributed by atoms with Gasteiger partial charge in [0.2, 0.25) is 0 Å². The Hall–Kier alpha value is -8.15. The van der Waals surface area contributed by atoms with Gasteiger partial charge in [-0.2, -0.15) is 0 Å². The van der Waals surface area contributed by atoms with Crippen LogP contribution in [0.15, 0.2) is 212 Å². The lowest BCUT2D eigenvalue weighted by molar-refractivity contribution is 1.08. The Bertz CT molecular complexity index is 3510. The van der Waals surface area contributed by atoms with Gasteiger partial charge in [0.05, 0.1) is 22.1 Å². The molecule has 3 heterocycles. The van der Waals surface area contributed by atoms with Crippen molar-refractivity contribution >= 4 is 54.4 Å². The van der Waals surface area contributed by atoms with Crippen LogP contribution in [0, 0.1) is 0 Å². The highest BCUT2D eigenvalue weighted by atomic mass is 15.0. The molecule has 0 saturated heterocycles. The number of benzene rings is 9. The first-order chi connectivity index (χ1) is 29.8. The van der Waals surface area contributed by atoms with Gasteiger partial charge in [-0.25, -0.2) is 15.0 Å². The van der Waals surface area contributed by atoms with Gasteiger partial charge in [0.15, 0.2) is 17.5 Å². The standard InChI is InChI=1S/C55H35N5/c1-5-17-37(18-6-1)53-56-54(38-19-7-2-8-20-38)58-55(57-53)46-29-16-22-36-21-15-28-42(50(36)46)39-31-34-49-47(35-39)45-33-32-44-43-27-13-14-30-48(43)59(40-23-9-3-10-24-40)51(44)52(45)60(49)41-25-11-4-12-26-41/h1-35H. The molecule has 0 fully saturated rings. The predicted molar refractivity (Wildman–Crippen MR) is 248 cm³/mol. The minimum Gasteiger partial charge on any atom is -0.307 e. The van der Waals surface area contributed by atoms with Crippen molar-refractivity contribution < 1.29 is 0 Å². The highest BCUT2D eigenvalue weighted by molar-refractivity contribution is 6.24. The summed E-state index contributed by atoms with van der Waals surface area (Å²) in [5.74, 6) is 1.92. The molecule has 0 amide bonds. The molecule has 5 heteroatoms. The van der Waals surface area contributed by atoms with Crippen LogP contribution in [0.25, 0.3) is 111 Å².